The Morgan fingerprint density at radius 2 is 1.89 bits per heavy atom. The maximum absolute atomic E-state index is 13.1. The van der Waals surface area contributed by atoms with Crippen molar-refractivity contribution < 1.29 is 14.3 Å². The Hall–Kier alpha value is -2.14. The van der Waals surface area contributed by atoms with Gasteiger partial charge < -0.3 is 14.4 Å². The van der Waals surface area contributed by atoms with Gasteiger partial charge in [-0.05, 0) is 49.1 Å². The maximum Gasteiger partial charge on any atom is 0.233 e. The Morgan fingerprint density at radius 3 is 2.70 bits per heavy atom. The third-order valence-electron chi connectivity index (χ3n) is 5.32. The molecule has 4 rings (SSSR count). The molecule has 0 aromatic heterocycles. The third kappa shape index (κ3) is 4.24. The first kappa shape index (κ1) is 18.2. The molecular weight excluding hydrogens is 358 g/mol. The van der Waals surface area contributed by atoms with Crippen molar-refractivity contribution >= 4 is 17.7 Å². The standard InChI is InChI=1S/C22H25NO3S/c1-16-6-2-5-9-21(16)27-14-22(24)23(18-7-3-4-8-18)13-17-10-11-19-20(12-17)26-15-25-19/h2,5-6,9-12,18H,3-4,7-8,13-15H2,1H3. The Labute approximate surface area is 164 Å². The quantitative estimate of drug-likeness (QED) is 0.673. The molecule has 2 aromatic rings. The molecule has 142 valence electrons. The van der Waals surface area contributed by atoms with Crippen molar-refractivity contribution in [3.05, 3.63) is 53.6 Å². The molecule has 2 aromatic carbocycles. The van der Waals surface area contributed by atoms with E-state index in [0.717, 1.165) is 29.9 Å². The summed E-state index contributed by atoms with van der Waals surface area (Å²) in [5.41, 5.74) is 2.32. The highest BCUT2D eigenvalue weighted by atomic mass is 32.2. The number of hydrogen-bond acceptors (Lipinski definition) is 4. The number of carbonyl (C=O) groups is 1. The van der Waals surface area contributed by atoms with Gasteiger partial charge in [0.15, 0.2) is 11.5 Å². The number of carbonyl (C=O) groups excluding carboxylic acids is 1. The van der Waals surface area contributed by atoms with Crippen LogP contribution in [0.2, 0.25) is 0 Å². The molecule has 0 spiro atoms. The Bertz CT molecular complexity index is 817. The van der Waals surface area contributed by atoms with Gasteiger partial charge in [0.25, 0.3) is 0 Å². The molecule has 0 atom stereocenters. The van der Waals surface area contributed by atoms with E-state index in [9.17, 15) is 4.79 Å². The van der Waals surface area contributed by atoms with Crippen molar-refractivity contribution in [3.63, 3.8) is 0 Å². The van der Waals surface area contributed by atoms with Crippen molar-refractivity contribution in [1.29, 1.82) is 0 Å². The van der Waals surface area contributed by atoms with Crippen LogP contribution in [0.3, 0.4) is 0 Å². The molecule has 0 saturated heterocycles. The summed E-state index contributed by atoms with van der Waals surface area (Å²) in [7, 11) is 0. The van der Waals surface area contributed by atoms with Crippen LogP contribution in [-0.4, -0.2) is 29.4 Å². The Morgan fingerprint density at radius 1 is 1.11 bits per heavy atom. The van der Waals surface area contributed by atoms with Gasteiger partial charge >= 0.3 is 0 Å². The molecule has 1 fully saturated rings. The van der Waals surface area contributed by atoms with E-state index in [4.69, 9.17) is 9.47 Å². The van der Waals surface area contributed by atoms with Crippen molar-refractivity contribution in [2.45, 2.75) is 50.1 Å². The second kappa shape index (κ2) is 8.26. The molecule has 0 radical (unpaired) electrons. The summed E-state index contributed by atoms with van der Waals surface area (Å²) in [6.07, 6.45) is 4.62. The Balaban J connectivity index is 1.47. The van der Waals surface area contributed by atoms with Gasteiger partial charge in [0.1, 0.15) is 0 Å². The predicted molar refractivity (Wildman–Crippen MR) is 107 cm³/mol. The minimum atomic E-state index is 0.216. The summed E-state index contributed by atoms with van der Waals surface area (Å²) >= 11 is 1.64. The summed E-state index contributed by atoms with van der Waals surface area (Å²) in [5.74, 6) is 2.26. The number of benzene rings is 2. The van der Waals surface area contributed by atoms with Crippen LogP contribution >= 0.6 is 11.8 Å². The minimum absolute atomic E-state index is 0.216. The normalized spacial score (nSPS) is 15.9. The second-order valence-corrected chi connectivity index (χ2v) is 8.22. The Kier molecular flexibility index (Phi) is 5.58. The zero-order valence-corrected chi connectivity index (χ0v) is 16.5. The smallest absolute Gasteiger partial charge is 0.233 e. The summed E-state index contributed by atoms with van der Waals surface area (Å²) in [6.45, 7) is 3.00. The molecule has 4 nitrogen and oxygen atoms in total. The van der Waals surface area contributed by atoms with Gasteiger partial charge in [0.05, 0.1) is 5.75 Å². The van der Waals surface area contributed by atoms with Gasteiger partial charge in [0, 0.05) is 17.5 Å². The number of aryl methyl sites for hydroxylation is 1. The van der Waals surface area contributed by atoms with Crippen molar-refractivity contribution in [2.24, 2.45) is 0 Å². The van der Waals surface area contributed by atoms with E-state index in [0.29, 0.717) is 18.3 Å². The van der Waals surface area contributed by atoms with Gasteiger partial charge in [-0.15, -0.1) is 11.8 Å². The summed E-state index contributed by atoms with van der Waals surface area (Å²) in [5, 5.41) is 0. The van der Waals surface area contributed by atoms with E-state index in [2.05, 4.69) is 24.0 Å². The molecule has 2 aliphatic rings. The first-order chi connectivity index (χ1) is 13.2. The summed E-state index contributed by atoms with van der Waals surface area (Å²) < 4.78 is 10.9. The fraction of sp³-hybridized carbons (Fsp3) is 0.409. The molecule has 0 bridgehead atoms. The van der Waals surface area contributed by atoms with E-state index in [1.807, 2.05) is 30.3 Å². The van der Waals surface area contributed by atoms with Crippen LogP contribution in [0.4, 0.5) is 0 Å². The largest absolute Gasteiger partial charge is 0.454 e. The van der Waals surface area contributed by atoms with E-state index in [-0.39, 0.29) is 12.7 Å². The second-order valence-electron chi connectivity index (χ2n) is 7.20. The highest BCUT2D eigenvalue weighted by molar-refractivity contribution is 8.00. The van der Waals surface area contributed by atoms with Gasteiger partial charge in [-0.2, -0.15) is 0 Å². The summed E-state index contributed by atoms with van der Waals surface area (Å²) in [4.78, 5) is 16.4. The van der Waals surface area contributed by atoms with Crippen LogP contribution < -0.4 is 9.47 Å². The predicted octanol–water partition coefficient (Wildman–Crippen LogP) is 4.79. The lowest BCUT2D eigenvalue weighted by Gasteiger charge is -2.29. The first-order valence-corrected chi connectivity index (χ1v) is 10.6. The highest BCUT2D eigenvalue weighted by Crippen LogP contribution is 2.34. The third-order valence-corrected chi connectivity index (χ3v) is 6.48. The zero-order chi connectivity index (χ0) is 18.6. The number of rotatable bonds is 6. The SMILES string of the molecule is Cc1ccccc1SCC(=O)N(Cc1ccc2c(c1)OCO2)C1CCCC1. The molecule has 1 saturated carbocycles. The molecule has 1 aliphatic carbocycles. The van der Waals surface area contributed by atoms with Crippen LogP contribution in [0.5, 0.6) is 11.5 Å². The minimum Gasteiger partial charge on any atom is -0.454 e. The lowest BCUT2D eigenvalue weighted by atomic mass is 10.1. The average Bonchev–Trinajstić information content (AvgIpc) is 3.36. The first-order valence-electron chi connectivity index (χ1n) is 9.57. The molecule has 0 unspecified atom stereocenters. The van der Waals surface area contributed by atoms with Crippen molar-refractivity contribution in [1.82, 2.24) is 4.90 Å². The zero-order valence-electron chi connectivity index (χ0n) is 15.6. The van der Waals surface area contributed by atoms with Crippen LogP contribution in [0.1, 0.15) is 36.8 Å². The molecule has 27 heavy (non-hydrogen) atoms. The van der Waals surface area contributed by atoms with Crippen LogP contribution in [0.15, 0.2) is 47.4 Å². The van der Waals surface area contributed by atoms with Crippen LogP contribution in [0.25, 0.3) is 0 Å². The number of thioether (sulfide) groups is 1. The molecule has 1 amide bonds. The molecular formula is C22H25NO3S. The van der Waals surface area contributed by atoms with Gasteiger partial charge in [-0.1, -0.05) is 37.1 Å². The highest BCUT2D eigenvalue weighted by Gasteiger charge is 2.27. The topological polar surface area (TPSA) is 38.8 Å². The number of nitrogens with zero attached hydrogens (tertiary/aromatic N) is 1. The van der Waals surface area contributed by atoms with E-state index >= 15 is 0 Å². The fourth-order valence-corrected chi connectivity index (χ4v) is 4.73. The fourth-order valence-electron chi connectivity index (χ4n) is 3.81. The molecule has 1 heterocycles. The van der Waals surface area contributed by atoms with Crippen LogP contribution in [-0.2, 0) is 11.3 Å². The number of ether oxygens (including phenoxy) is 2. The monoisotopic (exact) mass is 383 g/mol. The lowest BCUT2D eigenvalue weighted by Crippen LogP contribution is -2.39. The number of amides is 1. The van der Waals surface area contributed by atoms with Gasteiger partial charge in [0.2, 0.25) is 12.7 Å². The van der Waals surface area contributed by atoms with Gasteiger partial charge in [-0.25, -0.2) is 0 Å². The number of hydrogen-bond donors (Lipinski definition) is 0. The van der Waals surface area contributed by atoms with E-state index in [1.165, 1.54) is 23.3 Å². The molecule has 0 N–H and O–H groups in total. The van der Waals surface area contributed by atoms with E-state index < -0.39 is 0 Å². The maximum atomic E-state index is 13.1. The molecule has 1 aliphatic heterocycles. The van der Waals surface area contributed by atoms with Crippen LogP contribution in [0, 0.1) is 6.92 Å². The summed E-state index contributed by atoms with van der Waals surface area (Å²) in [6, 6.07) is 14.6. The average molecular weight is 384 g/mol. The lowest BCUT2D eigenvalue weighted by molar-refractivity contribution is -0.131. The number of fused-ring (bicyclic) bond motifs is 1. The van der Waals surface area contributed by atoms with E-state index in [1.54, 1.807) is 11.8 Å². The molecule has 5 heteroatoms. The van der Waals surface area contributed by atoms with Crippen molar-refractivity contribution in [3.8, 4) is 11.5 Å². The van der Waals surface area contributed by atoms with Gasteiger partial charge in [-0.3, -0.25) is 4.79 Å². The van der Waals surface area contributed by atoms with Crippen molar-refractivity contribution in [2.75, 3.05) is 12.5 Å².